The Morgan fingerprint density at radius 2 is 1.93 bits per heavy atom. The summed E-state index contributed by atoms with van der Waals surface area (Å²) >= 11 is 1.18. The molecule has 1 saturated heterocycles. The molecule has 0 atom stereocenters. The summed E-state index contributed by atoms with van der Waals surface area (Å²) in [5.41, 5.74) is 4.22. The lowest BCUT2D eigenvalue weighted by Gasteiger charge is -2.30. The van der Waals surface area contributed by atoms with Crippen LogP contribution < -0.4 is 9.79 Å². The summed E-state index contributed by atoms with van der Waals surface area (Å²) in [5, 5.41) is 18.3. The van der Waals surface area contributed by atoms with Crippen LogP contribution in [-0.4, -0.2) is 52.2 Å². The third kappa shape index (κ3) is 6.27. The number of carbonyl (C=O) groups excluding carboxylic acids is 1. The van der Waals surface area contributed by atoms with Crippen LogP contribution in [0, 0.1) is 13.8 Å². The van der Waals surface area contributed by atoms with E-state index in [1.54, 1.807) is 0 Å². The van der Waals surface area contributed by atoms with E-state index in [1.165, 1.54) is 11.9 Å². The molecule has 2 aliphatic rings. The van der Waals surface area contributed by atoms with Crippen LogP contribution in [0.15, 0.2) is 56.9 Å². The molecule has 0 radical (unpaired) electrons. The molecule has 1 aromatic heterocycles. The Kier molecular flexibility index (Phi) is 9.67. The fraction of sp³-hybridized carbons (Fsp3) is 0.469. The summed E-state index contributed by atoms with van der Waals surface area (Å²) in [6, 6.07) is 14.3. The van der Waals surface area contributed by atoms with Crippen LogP contribution in [0.1, 0.15) is 68.4 Å². The molecule has 2 aliphatic heterocycles. The Balaban J connectivity index is 1.44. The maximum atomic E-state index is 13.8. The quantitative estimate of drug-likeness (QED) is 0.183. The van der Waals surface area contributed by atoms with Crippen molar-refractivity contribution in [3.63, 3.8) is 0 Å². The first-order chi connectivity index (χ1) is 20.4. The molecule has 42 heavy (non-hydrogen) atoms. The van der Waals surface area contributed by atoms with Gasteiger partial charge in [-0.2, -0.15) is 4.47 Å². The van der Waals surface area contributed by atoms with Crippen molar-refractivity contribution in [3.8, 4) is 11.1 Å². The number of aromatic nitrogens is 1. The van der Waals surface area contributed by atoms with Crippen LogP contribution in [0.3, 0.4) is 0 Å². The topological polar surface area (TPSA) is 103 Å². The molecule has 9 nitrogen and oxygen atoms in total. The van der Waals surface area contributed by atoms with Gasteiger partial charge in [0.25, 0.3) is 5.91 Å². The predicted molar refractivity (Wildman–Crippen MR) is 166 cm³/mol. The lowest BCUT2D eigenvalue weighted by Crippen LogP contribution is -2.48. The minimum Gasteiger partial charge on any atom is -0.377 e. The van der Waals surface area contributed by atoms with Gasteiger partial charge in [0.1, 0.15) is 17.1 Å². The Hall–Kier alpha value is -3.18. The highest BCUT2D eigenvalue weighted by Crippen LogP contribution is 2.39. The van der Waals surface area contributed by atoms with Crippen molar-refractivity contribution in [1.82, 2.24) is 15.4 Å². The molecule has 1 amide bonds. The van der Waals surface area contributed by atoms with Crippen molar-refractivity contribution in [2.24, 2.45) is 4.99 Å². The Morgan fingerprint density at radius 3 is 2.64 bits per heavy atom. The van der Waals surface area contributed by atoms with Crippen molar-refractivity contribution in [2.45, 2.75) is 83.4 Å². The van der Waals surface area contributed by atoms with Crippen LogP contribution in [0.2, 0.25) is 0 Å². The molecule has 1 fully saturated rings. The third-order valence-electron chi connectivity index (χ3n) is 8.13. The molecular weight excluding hydrogens is 550 g/mol. The van der Waals surface area contributed by atoms with Crippen LogP contribution in [0.5, 0.6) is 0 Å². The minimum absolute atomic E-state index is 0.133. The largest absolute Gasteiger partial charge is 0.377 e. The minimum atomic E-state index is -0.616. The standard InChI is InChI=1S/C32H41N5O4S/c1-5-7-12-29-34-32(15-17-33-18-16-32)31(38)36(29)20-24-13-14-26(25(19-24)21-40-6-2)27-10-8-9-11-28(27)42-37(39)30-22(3)23(4)41-35-30/h8-11,13-14,19,33,39H,5-7,12,15-18,20-21H2,1-4H3. The lowest BCUT2D eigenvalue weighted by atomic mass is 9.88. The molecule has 2 N–H and O–H groups in total. The van der Waals surface area contributed by atoms with Crippen molar-refractivity contribution >= 4 is 29.5 Å². The second-order valence-electron chi connectivity index (χ2n) is 11.0. The maximum absolute atomic E-state index is 13.8. The lowest BCUT2D eigenvalue weighted by molar-refractivity contribution is -0.132. The van der Waals surface area contributed by atoms with Gasteiger partial charge in [0.2, 0.25) is 5.82 Å². The number of nitrogens with zero attached hydrogens (tertiary/aromatic N) is 4. The first-order valence-corrected chi connectivity index (χ1v) is 15.6. The van der Waals surface area contributed by atoms with E-state index in [1.807, 2.05) is 49.9 Å². The summed E-state index contributed by atoms with van der Waals surface area (Å²) in [4.78, 5) is 21.7. The molecule has 0 aliphatic carbocycles. The molecule has 5 rings (SSSR count). The van der Waals surface area contributed by atoms with Gasteiger partial charge in [-0.3, -0.25) is 19.9 Å². The van der Waals surface area contributed by atoms with Gasteiger partial charge in [0.15, 0.2) is 0 Å². The number of amidine groups is 1. The summed E-state index contributed by atoms with van der Waals surface area (Å²) in [5.74, 6) is 2.09. The number of rotatable bonds is 12. The van der Waals surface area contributed by atoms with Gasteiger partial charge in [0.05, 0.1) is 13.2 Å². The number of anilines is 1. The van der Waals surface area contributed by atoms with Crippen molar-refractivity contribution in [3.05, 3.63) is 64.9 Å². The fourth-order valence-electron chi connectivity index (χ4n) is 5.59. The maximum Gasteiger partial charge on any atom is 0.256 e. The number of ether oxygens (including phenoxy) is 1. The zero-order valence-electron chi connectivity index (χ0n) is 25.0. The van der Waals surface area contributed by atoms with Gasteiger partial charge in [-0.15, -0.1) is 0 Å². The molecular formula is C32H41N5O4S. The van der Waals surface area contributed by atoms with Crippen LogP contribution in [-0.2, 0) is 22.7 Å². The van der Waals surface area contributed by atoms with Crippen molar-refractivity contribution < 1.29 is 19.3 Å². The highest BCUT2D eigenvalue weighted by molar-refractivity contribution is 8.00. The van der Waals surface area contributed by atoms with E-state index in [9.17, 15) is 10.0 Å². The van der Waals surface area contributed by atoms with E-state index in [2.05, 4.69) is 35.6 Å². The molecule has 10 heteroatoms. The van der Waals surface area contributed by atoms with Crippen LogP contribution in [0.4, 0.5) is 5.82 Å². The van der Waals surface area contributed by atoms with E-state index in [0.29, 0.717) is 31.3 Å². The number of amides is 1. The number of hydrogen-bond donors (Lipinski definition) is 2. The van der Waals surface area contributed by atoms with E-state index in [4.69, 9.17) is 14.3 Å². The van der Waals surface area contributed by atoms with Gasteiger partial charge in [-0.25, -0.2) is 0 Å². The number of benzene rings is 2. The first kappa shape index (κ1) is 30.3. The van der Waals surface area contributed by atoms with E-state index >= 15 is 0 Å². The summed E-state index contributed by atoms with van der Waals surface area (Å²) in [7, 11) is 0. The average molecular weight is 592 g/mol. The number of aryl methyl sites for hydroxylation is 1. The van der Waals surface area contributed by atoms with Crippen LogP contribution >= 0.6 is 11.9 Å². The number of piperidine rings is 1. The number of unbranched alkanes of at least 4 members (excludes halogenated alkanes) is 1. The zero-order valence-corrected chi connectivity index (χ0v) is 25.8. The smallest absolute Gasteiger partial charge is 0.256 e. The van der Waals surface area contributed by atoms with Crippen LogP contribution in [0.25, 0.3) is 11.1 Å². The van der Waals surface area contributed by atoms with E-state index in [0.717, 1.165) is 88.2 Å². The molecule has 3 heterocycles. The molecule has 224 valence electrons. The van der Waals surface area contributed by atoms with Gasteiger partial charge in [-0.05, 0) is 81.4 Å². The van der Waals surface area contributed by atoms with E-state index in [-0.39, 0.29) is 5.91 Å². The second-order valence-corrected chi connectivity index (χ2v) is 11.9. The SMILES string of the molecule is CCCCC1=NC2(CCNCC2)C(=O)N1Cc1ccc(-c2ccccc2SN(O)c2noc(C)c2C)c(COCC)c1. The highest BCUT2D eigenvalue weighted by atomic mass is 32.2. The molecule has 2 aromatic carbocycles. The summed E-state index contributed by atoms with van der Waals surface area (Å²) < 4.78 is 12.2. The number of nitrogens with one attached hydrogen (secondary N) is 1. The summed E-state index contributed by atoms with van der Waals surface area (Å²) in [6.45, 7) is 11.0. The van der Waals surface area contributed by atoms with Crippen molar-refractivity contribution in [2.75, 3.05) is 24.2 Å². The number of hydrogen-bond acceptors (Lipinski definition) is 9. The molecule has 0 bridgehead atoms. The number of carbonyl (C=O) groups is 1. The Morgan fingerprint density at radius 1 is 1.14 bits per heavy atom. The fourth-order valence-corrected chi connectivity index (χ4v) is 6.45. The predicted octanol–water partition coefficient (Wildman–Crippen LogP) is 6.45. The van der Waals surface area contributed by atoms with Gasteiger partial charge < -0.3 is 14.6 Å². The van der Waals surface area contributed by atoms with Gasteiger partial charge in [0, 0.05) is 35.4 Å². The monoisotopic (exact) mass is 591 g/mol. The molecule has 0 unspecified atom stereocenters. The molecule has 0 saturated carbocycles. The zero-order chi connectivity index (χ0) is 29.7. The Bertz CT molecular complexity index is 1430. The van der Waals surface area contributed by atoms with Crippen molar-refractivity contribution in [1.29, 1.82) is 0 Å². The van der Waals surface area contributed by atoms with E-state index < -0.39 is 5.54 Å². The van der Waals surface area contributed by atoms with Gasteiger partial charge >= 0.3 is 0 Å². The normalized spacial score (nSPS) is 16.4. The number of aliphatic imine (C=N–C) groups is 1. The average Bonchev–Trinajstić information content (AvgIpc) is 3.46. The molecule has 1 spiro atoms. The highest BCUT2D eigenvalue weighted by Gasteiger charge is 2.48. The summed E-state index contributed by atoms with van der Waals surface area (Å²) in [6.07, 6.45) is 4.37. The van der Waals surface area contributed by atoms with Gasteiger partial charge in [-0.1, -0.05) is 54.9 Å². The second kappa shape index (κ2) is 13.4. The Labute approximate surface area is 252 Å². The third-order valence-corrected chi connectivity index (χ3v) is 9.03. The first-order valence-electron chi connectivity index (χ1n) is 14.9. The molecule has 3 aromatic rings.